The van der Waals surface area contributed by atoms with Crippen molar-refractivity contribution >= 4 is 28.2 Å². The van der Waals surface area contributed by atoms with E-state index in [1.54, 1.807) is 5.38 Å². The van der Waals surface area contributed by atoms with Crippen LogP contribution in [0.2, 0.25) is 0 Å². The molecule has 9 heteroatoms. The van der Waals surface area contributed by atoms with E-state index in [1.165, 1.54) is 11.3 Å². The van der Waals surface area contributed by atoms with Gasteiger partial charge >= 0.3 is 0 Å². The monoisotopic (exact) mass is 412 g/mol. The summed E-state index contributed by atoms with van der Waals surface area (Å²) in [6.07, 6.45) is 3.75. The molecule has 0 bridgehead atoms. The van der Waals surface area contributed by atoms with Crippen molar-refractivity contribution in [3.63, 3.8) is 0 Å². The highest BCUT2D eigenvalue weighted by molar-refractivity contribution is 7.14. The summed E-state index contributed by atoms with van der Waals surface area (Å²) < 4.78 is 5.32. The van der Waals surface area contributed by atoms with Crippen molar-refractivity contribution in [3.05, 3.63) is 35.0 Å². The topological polar surface area (TPSA) is 103 Å². The van der Waals surface area contributed by atoms with Gasteiger partial charge in [0.2, 0.25) is 0 Å². The normalized spacial score (nSPS) is 20.3. The molecule has 152 valence electrons. The largest absolute Gasteiger partial charge is 0.381 e. The number of ether oxygens (including phenoxy) is 1. The van der Waals surface area contributed by atoms with Gasteiger partial charge in [-0.05, 0) is 44.4 Å². The first-order valence-electron chi connectivity index (χ1n) is 9.92. The van der Waals surface area contributed by atoms with E-state index in [1.807, 2.05) is 18.2 Å². The van der Waals surface area contributed by atoms with E-state index in [0.717, 1.165) is 37.9 Å². The lowest BCUT2D eigenvalue weighted by Crippen LogP contribution is -2.39. The van der Waals surface area contributed by atoms with Crippen LogP contribution in [0.15, 0.2) is 23.6 Å². The summed E-state index contributed by atoms with van der Waals surface area (Å²) >= 11 is 1.38. The van der Waals surface area contributed by atoms with E-state index < -0.39 is 0 Å². The standard InChI is InChI=1S/C20H24N6O2S/c21-8-10-26-9-2-4-17(26)15-3-1-5-18(23-15)25-20-24-16(13-29-20)19(27)22-14-6-11-28-12-7-14/h1,3,5,13-14,17H,2,4,6-7,9-12H2,(H,22,27)(H,23,24,25)/t17-/m0/s1. The third kappa shape index (κ3) is 4.90. The SMILES string of the molecule is N#CCN1CCC[C@H]1c1cccc(Nc2nc(C(=O)NC3CCOCC3)cs2)n1. The minimum atomic E-state index is -0.152. The van der Waals surface area contributed by atoms with Gasteiger partial charge in [-0.3, -0.25) is 9.69 Å². The Kier molecular flexibility index (Phi) is 6.34. The lowest BCUT2D eigenvalue weighted by Gasteiger charge is -2.22. The second-order valence-corrected chi connectivity index (χ2v) is 8.12. The van der Waals surface area contributed by atoms with Crippen LogP contribution in [-0.4, -0.2) is 53.1 Å². The summed E-state index contributed by atoms with van der Waals surface area (Å²) in [5.41, 5.74) is 1.37. The van der Waals surface area contributed by atoms with Crippen molar-refractivity contribution in [3.8, 4) is 6.07 Å². The van der Waals surface area contributed by atoms with Gasteiger partial charge in [-0.2, -0.15) is 5.26 Å². The van der Waals surface area contributed by atoms with Crippen molar-refractivity contribution in [1.82, 2.24) is 20.2 Å². The number of pyridine rings is 1. The molecule has 29 heavy (non-hydrogen) atoms. The molecule has 2 aliphatic heterocycles. The Morgan fingerprint density at radius 1 is 1.31 bits per heavy atom. The van der Waals surface area contributed by atoms with Crippen molar-refractivity contribution in [2.75, 3.05) is 31.6 Å². The van der Waals surface area contributed by atoms with Gasteiger partial charge in [-0.15, -0.1) is 11.3 Å². The lowest BCUT2D eigenvalue weighted by atomic mass is 10.1. The van der Waals surface area contributed by atoms with E-state index in [9.17, 15) is 4.79 Å². The van der Waals surface area contributed by atoms with Crippen LogP contribution in [0.5, 0.6) is 0 Å². The molecule has 2 N–H and O–H groups in total. The number of likely N-dealkylation sites (tertiary alicyclic amines) is 1. The quantitative estimate of drug-likeness (QED) is 0.703. The first-order valence-corrected chi connectivity index (χ1v) is 10.8. The second kappa shape index (κ2) is 9.31. The molecular weight excluding hydrogens is 388 g/mol. The number of carbonyl (C=O) groups is 1. The molecule has 0 aromatic carbocycles. The Morgan fingerprint density at radius 2 is 2.17 bits per heavy atom. The molecule has 4 heterocycles. The van der Waals surface area contributed by atoms with Crippen molar-refractivity contribution in [2.24, 2.45) is 0 Å². The predicted octanol–water partition coefficient (Wildman–Crippen LogP) is 2.85. The fourth-order valence-electron chi connectivity index (χ4n) is 3.79. The first kappa shape index (κ1) is 19.8. The van der Waals surface area contributed by atoms with Crippen LogP contribution < -0.4 is 10.6 Å². The average molecular weight is 413 g/mol. The Bertz CT molecular complexity index is 889. The summed E-state index contributed by atoms with van der Waals surface area (Å²) in [4.78, 5) is 23.7. The van der Waals surface area contributed by atoms with Gasteiger partial charge in [0.1, 0.15) is 11.5 Å². The number of nitrogens with zero attached hydrogens (tertiary/aromatic N) is 4. The van der Waals surface area contributed by atoms with Crippen LogP contribution >= 0.6 is 11.3 Å². The molecule has 2 aromatic heterocycles. The van der Waals surface area contributed by atoms with Crippen molar-refractivity contribution in [2.45, 2.75) is 37.8 Å². The molecule has 4 rings (SSSR count). The number of nitrogens with one attached hydrogen (secondary N) is 2. The fourth-order valence-corrected chi connectivity index (χ4v) is 4.49. The summed E-state index contributed by atoms with van der Waals surface area (Å²) in [7, 11) is 0. The second-order valence-electron chi connectivity index (χ2n) is 7.26. The number of nitriles is 1. The number of hydrogen-bond acceptors (Lipinski definition) is 8. The molecule has 0 radical (unpaired) electrons. The number of carbonyl (C=O) groups excluding carboxylic acids is 1. The van der Waals surface area contributed by atoms with E-state index in [4.69, 9.17) is 15.0 Å². The van der Waals surface area contributed by atoms with Gasteiger partial charge in [0.05, 0.1) is 24.3 Å². The fraction of sp³-hybridized carbons (Fsp3) is 0.500. The van der Waals surface area contributed by atoms with Gasteiger partial charge < -0.3 is 15.4 Å². The van der Waals surface area contributed by atoms with Crippen LogP contribution in [0.25, 0.3) is 0 Å². The van der Waals surface area contributed by atoms with E-state index in [-0.39, 0.29) is 18.0 Å². The van der Waals surface area contributed by atoms with E-state index in [2.05, 4.69) is 26.6 Å². The zero-order valence-electron chi connectivity index (χ0n) is 16.1. The maximum absolute atomic E-state index is 12.4. The third-order valence-electron chi connectivity index (χ3n) is 5.28. The van der Waals surface area contributed by atoms with Gasteiger partial charge in [0, 0.05) is 24.6 Å². The lowest BCUT2D eigenvalue weighted by molar-refractivity contribution is 0.0694. The minimum absolute atomic E-state index is 0.149. The van der Waals surface area contributed by atoms with Crippen LogP contribution in [0.3, 0.4) is 0 Å². The molecule has 0 unspecified atom stereocenters. The number of thiazole rings is 1. The molecule has 0 aliphatic carbocycles. The maximum atomic E-state index is 12.4. The molecule has 0 spiro atoms. The van der Waals surface area contributed by atoms with Gasteiger partial charge in [0.15, 0.2) is 5.13 Å². The number of hydrogen-bond donors (Lipinski definition) is 2. The summed E-state index contributed by atoms with van der Waals surface area (Å²) in [6, 6.07) is 8.40. The molecule has 0 saturated carbocycles. The Labute approximate surface area is 173 Å². The van der Waals surface area contributed by atoms with Crippen molar-refractivity contribution in [1.29, 1.82) is 5.26 Å². The predicted molar refractivity (Wildman–Crippen MR) is 110 cm³/mol. The molecular formula is C20H24N6O2S. The van der Waals surface area contributed by atoms with Gasteiger partial charge in [-0.25, -0.2) is 9.97 Å². The Morgan fingerprint density at radius 3 is 3.00 bits per heavy atom. The van der Waals surface area contributed by atoms with Crippen LogP contribution in [0, 0.1) is 11.3 Å². The van der Waals surface area contributed by atoms with Crippen LogP contribution in [0.4, 0.5) is 10.9 Å². The zero-order chi connectivity index (χ0) is 20.1. The van der Waals surface area contributed by atoms with E-state index in [0.29, 0.717) is 36.4 Å². The number of rotatable bonds is 6. The number of aromatic nitrogens is 2. The summed E-state index contributed by atoms with van der Waals surface area (Å²) in [5, 5.41) is 17.6. The minimum Gasteiger partial charge on any atom is -0.381 e. The zero-order valence-corrected chi connectivity index (χ0v) is 17.0. The number of amides is 1. The molecule has 8 nitrogen and oxygen atoms in total. The third-order valence-corrected chi connectivity index (χ3v) is 6.04. The van der Waals surface area contributed by atoms with Gasteiger partial charge in [-0.1, -0.05) is 6.07 Å². The van der Waals surface area contributed by atoms with Crippen LogP contribution in [-0.2, 0) is 4.74 Å². The number of anilines is 2. The van der Waals surface area contributed by atoms with E-state index >= 15 is 0 Å². The molecule has 2 saturated heterocycles. The first-order chi connectivity index (χ1) is 14.2. The highest BCUT2D eigenvalue weighted by atomic mass is 32.1. The average Bonchev–Trinajstić information content (AvgIpc) is 3.39. The smallest absolute Gasteiger partial charge is 0.271 e. The van der Waals surface area contributed by atoms with Crippen LogP contribution in [0.1, 0.15) is 47.9 Å². The Balaban J connectivity index is 1.40. The molecule has 2 aliphatic rings. The Hall–Kier alpha value is -2.54. The van der Waals surface area contributed by atoms with Gasteiger partial charge in [0.25, 0.3) is 5.91 Å². The molecule has 2 aromatic rings. The molecule has 1 atom stereocenters. The maximum Gasteiger partial charge on any atom is 0.271 e. The molecule has 1 amide bonds. The van der Waals surface area contributed by atoms with Crippen molar-refractivity contribution < 1.29 is 9.53 Å². The highest BCUT2D eigenvalue weighted by Gasteiger charge is 2.27. The molecule has 2 fully saturated rings. The summed E-state index contributed by atoms with van der Waals surface area (Å²) in [6.45, 7) is 2.71. The summed E-state index contributed by atoms with van der Waals surface area (Å²) in [5.74, 6) is 0.540. The highest BCUT2D eigenvalue weighted by Crippen LogP contribution is 2.31.